The van der Waals surface area contributed by atoms with Gasteiger partial charge in [0.05, 0.1) is 16.6 Å². The summed E-state index contributed by atoms with van der Waals surface area (Å²) in [6.07, 6.45) is 16.9. The topological polar surface area (TPSA) is 190 Å². The molecule has 0 bridgehead atoms. The van der Waals surface area contributed by atoms with Crippen LogP contribution >= 0.6 is 0 Å². The van der Waals surface area contributed by atoms with Gasteiger partial charge in [0.15, 0.2) is 5.65 Å². The van der Waals surface area contributed by atoms with Crippen molar-refractivity contribution in [1.29, 1.82) is 0 Å². The van der Waals surface area contributed by atoms with Gasteiger partial charge in [-0.1, -0.05) is 42.6 Å². The minimum absolute atomic E-state index is 0.0643. The van der Waals surface area contributed by atoms with E-state index in [1.54, 1.807) is 0 Å². The van der Waals surface area contributed by atoms with Crippen LogP contribution in [0.15, 0.2) is 53.4 Å². The number of hydrogen-bond acceptors (Lipinski definition) is 12. The van der Waals surface area contributed by atoms with Crippen LogP contribution in [0.4, 0.5) is 11.5 Å². The summed E-state index contributed by atoms with van der Waals surface area (Å²) < 4.78 is 7.86. The number of aromatic nitrogens is 6. The number of imide groups is 1. The Morgan fingerprint density at radius 1 is 0.825 bits per heavy atom. The minimum atomic E-state index is -0.359. The monoisotopic (exact) mass is 855 g/mol. The molecule has 3 saturated heterocycles. The highest BCUT2D eigenvalue weighted by Gasteiger charge is 2.36. The third kappa shape index (κ3) is 9.63. The molecule has 63 heavy (non-hydrogen) atoms. The van der Waals surface area contributed by atoms with E-state index in [0.29, 0.717) is 65.3 Å². The second-order valence-electron chi connectivity index (χ2n) is 18.4. The van der Waals surface area contributed by atoms with E-state index < -0.39 is 0 Å². The second kappa shape index (κ2) is 19.0. The fourth-order valence-electron chi connectivity index (χ4n) is 9.79. The lowest BCUT2D eigenvalue weighted by Gasteiger charge is -2.32. The van der Waals surface area contributed by atoms with Crippen molar-refractivity contribution in [3.8, 4) is 22.6 Å². The molecule has 4 N–H and O–H groups in total. The number of amides is 3. The maximum Gasteiger partial charge on any atom is 0.249 e. The molecule has 0 radical (unpaired) electrons. The molecule has 0 spiro atoms. The summed E-state index contributed by atoms with van der Waals surface area (Å²) in [6.45, 7) is 9.07. The lowest BCUT2D eigenvalue weighted by molar-refractivity contribution is -0.134. The molecule has 4 aromatic heterocycles. The normalized spacial score (nSPS) is 19.3. The molecule has 1 unspecified atom stereocenters. The van der Waals surface area contributed by atoms with E-state index in [4.69, 9.17) is 20.3 Å². The van der Waals surface area contributed by atoms with Crippen molar-refractivity contribution < 1.29 is 18.9 Å². The Morgan fingerprint density at radius 2 is 1.54 bits per heavy atom. The Morgan fingerprint density at radius 3 is 2.25 bits per heavy atom. The van der Waals surface area contributed by atoms with Crippen molar-refractivity contribution in [2.75, 3.05) is 43.8 Å². The number of carbonyl (C=O) groups is 3. The highest BCUT2D eigenvalue weighted by molar-refractivity contribution is 6.02. The molecule has 4 aliphatic rings. The molecule has 1 aliphatic carbocycles. The first kappa shape index (κ1) is 42.6. The van der Waals surface area contributed by atoms with Crippen molar-refractivity contribution in [2.45, 2.75) is 134 Å². The van der Waals surface area contributed by atoms with Crippen LogP contribution in [0.5, 0.6) is 0 Å². The van der Waals surface area contributed by atoms with E-state index in [9.17, 15) is 14.4 Å². The van der Waals surface area contributed by atoms with E-state index in [1.807, 2.05) is 10.9 Å². The zero-order valence-corrected chi connectivity index (χ0v) is 36.7. The number of nitrogens with one attached hydrogen (secondary N) is 2. The zero-order chi connectivity index (χ0) is 43.5. The maximum atomic E-state index is 13.2. The summed E-state index contributed by atoms with van der Waals surface area (Å²) in [6, 6.07) is 12.4. The molecule has 15 heteroatoms. The summed E-state index contributed by atoms with van der Waals surface area (Å²) >= 11 is 0. The lowest BCUT2D eigenvalue weighted by Crippen LogP contribution is -2.47. The van der Waals surface area contributed by atoms with Crippen LogP contribution in [0.3, 0.4) is 0 Å². The summed E-state index contributed by atoms with van der Waals surface area (Å²) in [5, 5.41) is 15.8. The molecule has 3 aliphatic heterocycles. The van der Waals surface area contributed by atoms with E-state index in [2.05, 4.69) is 85.8 Å². The number of pyridine rings is 1. The van der Waals surface area contributed by atoms with Crippen LogP contribution in [0, 0.1) is 0 Å². The van der Waals surface area contributed by atoms with Crippen LogP contribution in [0.1, 0.15) is 144 Å². The molecule has 1 aromatic carbocycles. The van der Waals surface area contributed by atoms with Crippen molar-refractivity contribution in [1.82, 2.24) is 45.0 Å². The Hall–Kier alpha value is -5.70. The number of hydrogen-bond donors (Lipinski definition) is 3. The van der Waals surface area contributed by atoms with Gasteiger partial charge in [0.25, 0.3) is 0 Å². The van der Waals surface area contributed by atoms with Gasteiger partial charge in [-0.2, -0.15) is 5.10 Å². The van der Waals surface area contributed by atoms with Gasteiger partial charge in [-0.15, -0.1) is 0 Å². The summed E-state index contributed by atoms with van der Waals surface area (Å²) in [4.78, 5) is 55.2. The third-order valence-electron chi connectivity index (χ3n) is 13.7. The average molecular weight is 856 g/mol. The number of nitrogen functional groups attached to an aromatic ring is 1. The van der Waals surface area contributed by atoms with Gasteiger partial charge >= 0.3 is 0 Å². The van der Waals surface area contributed by atoms with Crippen LogP contribution in [0.2, 0.25) is 0 Å². The van der Waals surface area contributed by atoms with Crippen molar-refractivity contribution >= 4 is 40.3 Å². The highest BCUT2D eigenvalue weighted by atomic mass is 16.5. The van der Waals surface area contributed by atoms with Gasteiger partial charge in [0.1, 0.15) is 35.3 Å². The number of carbonyl (C=O) groups excluding carboxylic acids is 3. The third-order valence-corrected chi connectivity index (χ3v) is 13.7. The molecule has 15 nitrogen and oxygen atoms in total. The lowest BCUT2D eigenvalue weighted by atomic mass is 9.89. The fraction of sp³-hybridized carbons (Fsp3) is 0.542. The van der Waals surface area contributed by atoms with Gasteiger partial charge in [-0.3, -0.25) is 24.7 Å². The standard InChI is InChI=1S/C48H61N11O4/c1-30(2)59-47-42(46(49)51-29-52-47)43(55-59)44-41(45(63-56-44)34-9-10-34)37-16-13-35(28-50-37)33-21-26-58(27-22-33)40(61)8-6-4-3-5-7-23-57-24-19-32(20-25-57)31-11-14-36(15-12-31)53-38-17-18-39(60)54-48(38)62/h11-16,28-30,32-34,38,53H,3-10,17-27H2,1-2H3,(H2,49,51,52)(H,54,60,62). The first-order valence-electron chi connectivity index (χ1n) is 23.4. The number of nitrogens with zero attached hydrogens (tertiary/aromatic N) is 8. The Labute approximate surface area is 369 Å². The van der Waals surface area contributed by atoms with Crippen LogP contribution in [0.25, 0.3) is 33.7 Å². The Kier molecular flexibility index (Phi) is 12.8. The summed E-state index contributed by atoms with van der Waals surface area (Å²) in [5.41, 5.74) is 13.4. The largest absolute Gasteiger partial charge is 0.383 e. The number of benzene rings is 1. The fourth-order valence-corrected chi connectivity index (χ4v) is 9.79. The predicted octanol–water partition coefficient (Wildman–Crippen LogP) is 7.73. The van der Waals surface area contributed by atoms with Crippen molar-refractivity contribution in [2.24, 2.45) is 0 Å². The Balaban J connectivity index is 0.680. The molecule has 5 aromatic rings. The number of nitrogens with two attached hydrogens (primary N) is 1. The molecule has 1 saturated carbocycles. The van der Waals surface area contributed by atoms with Gasteiger partial charge < -0.3 is 25.4 Å². The smallest absolute Gasteiger partial charge is 0.249 e. The first-order chi connectivity index (χ1) is 30.7. The molecule has 1 atom stereocenters. The van der Waals surface area contributed by atoms with E-state index >= 15 is 0 Å². The number of fused-ring (bicyclic) bond motifs is 1. The van der Waals surface area contributed by atoms with Crippen molar-refractivity contribution in [3.05, 3.63) is 65.8 Å². The van der Waals surface area contributed by atoms with Crippen LogP contribution in [-0.2, 0) is 14.4 Å². The molecule has 332 valence electrons. The van der Waals surface area contributed by atoms with Gasteiger partial charge in [0.2, 0.25) is 17.7 Å². The number of piperidine rings is 3. The predicted molar refractivity (Wildman–Crippen MR) is 242 cm³/mol. The quantitative estimate of drug-likeness (QED) is 0.0648. The van der Waals surface area contributed by atoms with Gasteiger partial charge in [-0.05, 0) is 132 Å². The molecular formula is C48H61N11O4. The second-order valence-corrected chi connectivity index (χ2v) is 18.4. The summed E-state index contributed by atoms with van der Waals surface area (Å²) in [5.74, 6) is 2.29. The molecule has 9 rings (SSSR count). The van der Waals surface area contributed by atoms with Crippen LogP contribution in [-0.4, -0.2) is 96.2 Å². The molecular weight excluding hydrogens is 795 g/mol. The minimum Gasteiger partial charge on any atom is -0.383 e. The highest BCUT2D eigenvalue weighted by Crippen LogP contribution is 2.48. The molecule has 3 amide bonds. The average Bonchev–Trinajstić information content (AvgIpc) is 3.92. The maximum absolute atomic E-state index is 13.2. The van der Waals surface area contributed by atoms with Gasteiger partial charge in [-0.25, -0.2) is 14.6 Å². The Bertz CT molecular complexity index is 2390. The van der Waals surface area contributed by atoms with E-state index in [0.717, 1.165) is 107 Å². The van der Waals surface area contributed by atoms with E-state index in [1.165, 1.54) is 36.7 Å². The molecule has 7 heterocycles. The SMILES string of the molecule is CC(C)n1nc(-c2noc(C3CC3)c2-c2ccc(C3CCN(C(=O)CCCCCCCN4CCC(c5ccc(NC6CCC(=O)NC6=O)cc5)CC4)CC3)cn2)c2c(N)ncnc21. The summed E-state index contributed by atoms with van der Waals surface area (Å²) in [7, 11) is 0. The number of likely N-dealkylation sites (tertiary alicyclic amines) is 2. The first-order valence-corrected chi connectivity index (χ1v) is 23.4. The van der Waals surface area contributed by atoms with Crippen LogP contribution < -0.4 is 16.4 Å². The number of anilines is 2. The zero-order valence-electron chi connectivity index (χ0n) is 36.7. The van der Waals surface area contributed by atoms with Gasteiger partial charge in [0, 0.05) is 49.8 Å². The molecule has 4 fully saturated rings. The number of unbranched alkanes of at least 4 members (excludes halogenated alkanes) is 4. The number of rotatable bonds is 16. The van der Waals surface area contributed by atoms with E-state index in [-0.39, 0.29) is 29.8 Å². The van der Waals surface area contributed by atoms with Crippen molar-refractivity contribution in [3.63, 3.8) is 0 Å².